The van der Waals surface area contributed by atoms with Gasteiger partial charge in [0.15, 0.2) is 5.69 Å². The molecule has 0 aliphatic heterocycles. The molecule has 0 spiro atoms. The topological polar surface area (TPSA) is 113 Å². The first-order chi connectivity index (χ1) is 14.0. The van der Waals surface area contributed by atoms with Crippen molar-refractivity contribution in [2.24, 2.45) is 0 Å². The van der Waals surface area contributed by atoms with Crippen LogP contribution in [-0.4, -0.2) is 37.0 Å². The Morgan fingerprint density at radius 2 is 2.03 bits per heavy atom. The molecular formula is C21H19N5O3. The molecule has 0 radical (unpaired) electrons. The minimum Gasteiger partial charge on any atom is -0.476 e. The molecule has 1 atom stereocenters. The maximum absolute atomic E-state index is 12.6. The summed E-state index contributed by atoms with van der Waals surface area (Å²) in [6.45, 7) is 2.02. The number of aromatic carboxylic acids is 1. The second kappa shape index (κ2) is 7.59. The largest absolute Gasteiger partial charge is 0.476 e. The fourth-order valence-corrected chi connectivity index (χ4v) is 3.32. The average molecular weight is 389 g/mol. The highest BCUT2D eigenvalue weighted by molar-refractivity contribution is 5.92. The Labute approximate surface area is 166 Å². The van der Waals surface area contributed by atoms with E-state index in [9.17, 15) is 9.59 Å². The number of nitrogens with zero attached hydrogens (tertiary/aromatic N) is 3. The number of H-pyrrole nitrogens is 1. The average Bonchev–Trinajstić information content (AvgIpc) is 3.36. The van der Waals surface area contributed by atoms with Crippen LogP contribution in [0.25, 0.3) is 16.6 Å². The van der Waals surface area contributed by atoms with Gasteiger partial charge in [-0.25, -0.2) is 9.48 Å². The minimum absolute atomic E-state index is 0.0442. The van der Waals surface area contributed by atoms with E-state index in [1.54, 1.807) is 24.3 Å². The Morgan fingerprint density at radius 1 is 1.21 bits per heavy atom. The molecule has 2 heterocycles. The van der Waals surface area contributed by atoms with Crippen LogP contribution >= 0.6 is 0 Å². The van der Waals surface area contributed by atoms with Crippen molar-refractivity contribution in [3.05, 3.63) is 72.2 Å². The van der Waals surface area contributed by atoms with Crippen molar-refractivity contribution in [2.45, 2.75) is 19.3 Å². The van der Waals surface area contributed by atoms with E-state index in [-0.39, 0.29) is 17.5 Å². The summed E-state index contributed by atoms with van der Waals surface area (Å²) in [4.78, 5) is 26.8. The highest BCUT2D eigenvalue weighted by atomic mass is 16.4. The third-order valence-electron chi connectivity index (χ3n) is 4.75. The number of carbonyl (C=O) groups is 2. The van der Waals surface area contributed by atoms with Gasteiger partial charge in [0.05, 0.1) is 11.9 Å². The van der Waals surface area contributed by atoms with E-state index in [1.807, 2.05) is 37.4 Å². The SMILES string of the molecule is CC(CC(=O)Nc1cccc(-n2cc(C(=O)O)nn2)c1)c1c[nH]c2ccccc12. The molecule has 2 aromatic heterocycles. The summed E-state index contributed by atoms with van der Waals surface area (Å²) in [6, 6.07) is 15.0. The van der Waals surface area contributed by atoms with E-state index in [0.717, 1.165) is 16.5 Å². The van der Waals surface area contributed by atoms with Gasteiger partial charge in [0.1, 0.15) is 0 Å². The second-order valence-electron chi connectivity index (χ2n) is 6.85. The van der Waals surface area contributed by atoms with Gasteiger partial charge in [-0.3, -0.25) is 4.79 Å². The summed E-state index contributed by atoms with van der Waals surface area (Å²) in [7, 11) is 0. The molecule has 4 rings (SSSR count). The smallest absolute Gasteiger partial charge is 0.358 e. The summed E-state index contributed by atoms with van der Waals surface area (Å²) in [6.07, 6.45) is 3.61. The zero-order chi connectivity index (χ0) is 20.4. The summed E-state index contributed by atoms with van der Waals surface area (Å²) in [5.74, 6) is -1.21. The number of carboxylic acid groups (broad SMARTS) is 1. The molecule has 1 amide bonds. The van der Waals surface area contributed by atoms with Gasteiger partial charge in [0.25, 0.3) is 0 Å². The number of rotatable bonds is 6. The fourth-order valence-electron chi connectivity index (χ4n) is 3.32. The van der Waals surface area contributed by atoms with E-state index in [4.69, 9.17) is 5.11 Å². The minimum atomic E-state index is -1.15. The number of hydrogen-bond donors (Lipinski definition) is 3. The van der Waals surface area contributed by atoms with Crippen LogP contribution in [-0.2, 0) is 4.79 Å². The summed E-state index contributed by atoms with van der Waals surface area (Å²) < 4.78 is 1.35. The number of nitrogens with one attached hydrogen (secondary N) is 2. The maximum atomic E-state index is 12.6. The lowest BCUT2D eigenvalue weighted by Crippen LogP contribution is -2.14. The van der Waals surface area contributed by atoms with Crippen molar-refractivity contribution in [2.75, 3.05) is 5.32 Å². The lowest BCUT2D eigenvalue weighted by molar-refractivity contribution is -0.116. The van der Waals surface area contributed by atoms with Gasteiger partial charge in [-0.1, -0.05) is 36.4 Å². The fraction of sp³-hybridized carbons (Fsp3) is 0.143. The van der Waals surface area contributed by atoms with Crippen LogP contribution in [0.4, 0.5) is 5.69 Å². The Morgan fingerprint density at radius 3 is 2.83 bits per heavy atom. The van der Waals surface area contributed by atoms with Crippen LogP contribution in [0.5, 0.6) is 0 Å². The number of carboxylic acids is 1. The molecule has 3 N–H and O–H groups in total. The number of anilines is 1. The predicted octanol–water partition coefficient (Wildman–Crippen LogP) is 3.58. The standard InChI is InChI=1S/C21H19N5O3/c1-13(17-11-22-18-8-3-2-7-16(17)18)9-20(27)23-14-5-4-6-15(10-14)26-12-19(21(28)29)24-25-26/h2-8,10-13,22H,9H2,1H3,(H,23,27)(H,28,29). The molecule has 2 aromatic carbocycles. The van der Waals surface area contributed by atoms with Crippen LogP contribution in [0, 0.1) is 0 Å². The van der Waals surface area contributed by atoms with Crippen LogP contribution in [0.15, 0.2) is 60.9 Å². The Kier molecular flexibility index (Phi) is 4.82. The van der Waals surface area contributed by atoms with Crippen molar-refractivity contribution in [1.29, 1.82) is 0 Å². The highest BCUT2D eigenvalue weighted by Gasteiger charge is 2.16. The first-order valence-corrected chi connectivity index (χ1v) is 9.13. The highest BCUT2D eigenvalue weighted by Crippen LogP contribution is 2.28. The van der Waals surface area contributed by atoms with Crippen molar-refractivity contribution < 1.29 is 14.7 Å². The molecule has 8 heteroatoms. The number of aromatic amines is 1. The number of hydrogen-bond acceptors (Lipinski definition) is 4. The molecule has 0 aliphatic rings. The molecule has 0 saturated heterocycles. The number of benzene rings is 2. The van der Waals surface area contributed by atoms with E-state index in [0.29, 0.717) is 17.8 Å². The number of fused-ring (bicyclic) bond motifs is 1. The quantitative estimate of drug-likeness (QED) is 0.466. The van der Waals surface area contributed by atoms with Crippen LogP contribution in [0.2, 0.25) is 0 Å². The van der Waals surface area contributed by atoms with E-state index in [1.165, 1.54) is 10.9 Å². The molecule has 0 fully saturated rings. The Hall–Kier alpha value is -3.94. The molecule has 1 unspecified atom stereocenters. The van der Waals surface area contributed by atoms with Crippen LogP contribution in [0.3, 0.4) is 0 Å². The number of aromatic nitrogens is 4. The molecule has 0 aliphatic carbocycles. The molecule has 29 heavy (non-hydrogen) atoms. The van der Waals surface area contributed by atoms with Crippen LogP contribution < -0.4 is 5.32 Å². The molecule has 0 bridgehead atoms. The van der Waals surface area contributed by atoms with Gasteiger partial charge in [-0.15, -0.1) is 5.10 Å². The molecule has 8 nitrogen and oxygen atoms in total. The lowest BCUT2D eigenvalue weighted by atomic mass is 9.97. The van der Waals surface area contributed by atoms with Crippen molar-refractivity contribution in [3.8, 4) is 5.69 Å². The van der Waals surface area contributed by atoms with E-state index < -0.39 is 5.97 Å². The maximum Gasteiger partial charge on any atom is 0.358 e. The third-order valence-corrected chi connectivity index (χ3v) is 4.75. The summed E-state index contributed by atoms with van der Waals surface area (Å²) in [5, 5.41) is 20.4. The zero-order valence-corrected chi connectivity index (χ0v) is 15.7. The first kappa shape index (κ1) is 18.4. The van der Waals surface area contributed by atoms with Crippen molar-refractivity contribution >= 4 is 28.5 Å². The Bertz CT molecular complexity index is 1190. The second-order valence-corrected chi connectivity index (χ2v) is 6.85. The van der Waals surface area contributed by atoms with Crippen LogP contribution in [0.1, 0.15) is 35.3 Å². The number of amides is 1. The first-order valence-electron chi connectivity index (χ1n) is 9.13. The van der Waals surface area contributed by atoms with Gasteiger partial charge in [-0.05, 0) is 35.7 Å². The number of para-hydroxylation sites is 1. The van der Waals surface area contributed by atoms with Gasteiger partial charge < -0.3 is 15.4 Å². The molecule has 146 valence electrons. The van der Waals surface area contributed by atoms with Gasteiger partial charge in [0, 0.05) is 29.2 Å². The third kappa shape index (κ3) is 3.86. The molecule has 0 saturated carbocycles. The van der Waals surface area contributed by atoms with E-state index in [2.05, 4.69) is 20.6 Å². The molecule has 4 aromatic rings. The lowest BCUT2D eigenvalue weighted by Gasteiger charge is -2.12. The zero-order valence-electron chi connectivity index (χ0n) is 15.7. The predicted molar refractivity (Wildman–Crippen MR) is 108 cm³/mol. The summed E-state index contributed by atoms with van der Waals surface area (Å²) in [5.41, 5.74) is 3.22. The Balaban J connectivity index is 1.46. The van der Waals surface area contributed by atoms with Gasteiger partial charge in [-0.2, -0.15) is 0 Å². The van der Waals surface area contributed by atoms with Crippen molar-refractivity contribution in [1.82, 2.24) is 20.0 Å². The van der Waals surface area contributed by atoms with Crippen molar-refractivity contribution in [3.63, 3.8) is 0 Å². The summed E-state index contributed by atoms with van der Waals surface area (Å²) >= 11 is 0. The van der Waals surface area contributed by atoms with Gasteiger partial charge in [0.2, 0.25) is 5.91 Å². The monoisotopic (exact) mass is 389 g/mol. The molecular weight excluding hydrogens is 370 g/mol. The normalized spacial score (nSPS) is 12.0. The van der Waals surface area contributed by atoms with Gasteiger partial charge >= 0.3 is 5.97 Å². The number of carbonyl (C=O) groups excluding carboxylic acids is 1. The van der Waals surface area contributed by atoms with E-state index >= 15 is 0 Å².